The summed E-state index contributed by atoms with van der Waals surface area (Å²) in [7, 11) is 0. The molecule has 12 heavy (non-hydrogen) atoms. The van der Waals surface area contributed by atoms with Gasteiger partial charge in [0.1, 0.15) is 0 Å². The normalized spacial score (nSPS) is 44.5. The molecule has 2 heteroatoms. The van der Waals surface area contributed by atoms with Gasteiger partial charge in [0.15, 0.2) is 0 Å². The summed E-state index contributed by atoms with van der Waals surface area (Å²) in [5.41, 5.74) is 0. The van der Waals surface area contributed by atoms with Crippen LogP contribution in [0.15, 0.2) is 0 Å². The fourth-order valence-electron chi connectivity index (χ4n) is 2.48. The number of hydrogen-bond donors (Lipinski definition) is 0. The second-order valence-corrected chi connectivity index (χ2v) is 3.79. The minimum atomic E-state index is 0.511. The van der Waals surface area contributed by atoms with Gasteiger partial charge in [-0.3, -0.25) is 0 Å². The smallest absolute Gasteiger partial charge is 0.0631 e. The first-order chi connectivity index (χ1) is 5.86. The molecule has 0 amide bonds. The van der Waals surface area contributed by atoms with Crippen LogP contribution in [0.3, 0.4) is 0 Å². The third kappa shape index (κ3) is 1.38. The van der Waals surface area contributed by atoms with Crippen LogP contribution in [-0.2, 0) is 9.47 Å². The molecule has 0 unspecified atom stereocenters. The summed E-state index contributed by atoms with van der Waals surface area (Å²) in [6.07, 6.45) is 3.50. The monoisotopic (exact) mass is 170 g/mol. The van der Waals surface area contributed by atoms with Crippen molar-refractivity contribution in [3.05, 3.63) is 0 Å². The van der Waals surface area contributed by atoms with Gasteiger partial charge in [0.05, 0.1) is 12.2 Å². The average Bonchev–Trinajstić information content (AvgIpc) is 2.76. The molecular formula is C10H18O2. The Hall–Kier alpha value is -0.0800. The second-order valence-electron chi connectivity index (χ2n) is 3.79. The van der Waals surface area contributed by atoms with Gasteiger partial charge in [0, 0.05) is 19.6 Å². The summed E-state index contributed by atoms with van der Waals surface area (Å²) in [5, 5.41) is 0. The molecule has 2 nitrogen and oxygen atoms in total. The topological polar surface area (TPSA) is 18.5 Å². The first-order valence-electron chi connectivity index (χ1n) is 5.10. The van der Waals surface area contributed by atoms with E-state index in [1.165, 1.54) is 6.42 Å². The molecule has 0 aliphatic heterocycles. The van der Waals surface area contributed by atoms with Gasteiger partial charge in [-0.25, -0.2) is 0 Å². The molecule has 0 spiro atoms. The molecule has 0 saturated heterocycles. The van der Waals surface area contributed by atoms with E-state index in [4.69, 9.17) is 9.47 Å². The zero-order valence-corrected chi connectivity index (χ0v) is 7.95. The van der Waals surface area contributed by atoms with Crippen LogP contribution < -0.4 is 0 Å². The van der Waals surface area contributed by atoms with E-state index in [1.807, 2.05) is 0 Å². The molecular weight excluding hydrogens is 152 g/mol. The average molecular weight is 170 g/mol. The van der Waals surface area contributed by atoms with Gasteiger partial charge >= 0.3 is 0 Å². The van der Waals surface area contributed by atoms with E-state index in [-0.39, 0.29) is 0 Å². The Morgan fingerprint density at radius 3 is 1.83 bits per heavy atom. The third-order valence-electron chi connectivity index (χ3n) is 3.07. The fourth-order valence-corrected chi connectivity index (χ4v) is 2.48. The van der Waals surface area contributed by atoms with E-state index >= 15 is 0 Å². The Morgan fingerprint density at radius 2 is 1.42 bits per heavy atom. The lowest BCUT2D eigenvalue weighted by molar-refractivity contribution is 0.00970. The highest BCUT2D eigenvalue weighted by Gasteiger charge is 2.55. The maximum atomic E-state index is 5.65. The van der Waals surface area contributed by atoms with Gasteiger partial charge in [-0.05, 0) is 32.1 Å². The van der Waals surface area contributed by atoms with Crippen molar-refractivity contribution in [1.29, 1.82) is 0 Å². The van der Waals surface area contributed by atoms with Crippen molar-refractivity contribution in [3.8, 4) is 0 Å². The molecule has 70 valence electrons. The van der Waals surface area contributed by atoms with Gasteiger partial charge in [-0.2, -0.15) is 0 Å². The van der Waals surface area contributed by atoms with Crippen molar-refractivity contribution >= 4 is 0 Å². The van der Waals surface area contributed by atoms with E-state index in [2.05, 4.69) is 13.8 Å². The Bertz CT molecular complexity index is 142. The maximum Gasteiger partial charge on any atom is 0.0631 e. The summed E-state index contributed by atoms with van der Waals surface area (Å²) in [5.74, 6) is 1.67. The Balaban J connectivity index is 1.82. The minimum Gasteiger partial charge on any atom is -0.378 e. The minimum absolute atomic E-state index is 0.511. The van der Waals surface area contributed by atoms with Crippen molar-refractivity contribution < 1.29 is 9.47 Å². The number of hydrogen-bond acceptors (Lipinski definition) is 2. The fraction of sp³-hybridized carbons (Fsp3) is 1.00. The zero-order chi connectivity index (χ0) is 8.55. The molecule has 2 aliphatic rings. The van der Waals surface area contributed by atoms with Gasteiger partial charge in [-0.15, -0.1) is 0 Å². The molecule has 2 fully saturated rings. The van der Waals surface area contributed by atoms with Crippen LogP contribution in [0.5, 0.6) is 0 Å². The lowest BCUT2D eigenvalue weighted by Crippen LogP contribution is -2.18. The summed E-state index contributed by atoms with van der Waals surface area (Å²) >= 11 is 0. The van der Waals surface area contributed by atoms with E-state index in [9.17, 15) is 0 Å². The van der Waals surface area contributed by atoms with E-state index < -0.39 is 0 Å². The van der Waals surface area contributed by atoms with Crippen molar-refractivity contribution in [1.82, 2.24) is 0 Å². The highest BCUT2D eigenvalue weighted by molar-refractivity contribution is 5.04. The molecule has 0 radical (unpaired) electrons. The number of ether oxygens (including phenoxy) is 2. The van der Waals surface area contributed by atoms with Crippen molar-refractivity contribution in [3.63, 3.8) is 0 Å². The molecule has 0 N–H and O–H groups in total. The first kappa shape index (κ1) is 8.52. The van der Waals surface area contributed by atoms with Crippen LogP contribution in [0.25, 0.3) is 0 Å². The largest absolute Gasteiger partial charge is 0.378 e. The lowest BCUT2D eigenvalue weighted by atomic mass is 10.2. The van der Waals surface area contributed by atoms with Crippen LogP contribution in [-0.4, -0.2) is 25.4 Å². The molecule has 2 rings (SSSR count). The second kappa shape index (κ2) is 3.35. The molecule has 0 aromatic carbocycles. The van der Waals surface area contributed by atoms with Crippen LogP contribution >= 0.6 is 0 Å². The number of fused-ring (bicyclic) bond motifs is 1. The Kier molecular flexibility index (Phi) is 2.37. The first-order valence-corrected chi connectivity index (χ1v) is 5.10. The lowest BCUT2D eigenvalue weighted by Gasteiger charge is -2.15. The maximum absolute atomic E-state index is 5.65. The van der Waals surface area contributed by atoms with Crippen LogP contribution in [0, 0.1) is 11.8 Å². The predicted octanol–water partition coefficient (Wildman–Crippen LogP) is 1.84. The summed E-state index contributed by atoms with van der Waals surface area (Å²) < 4.78 is 11.3. The van der Waals surface area contributed by atoms with Crippen LogP contribution in [0.1, 0.15) is 26.7 Å². The van der Waals surface area contributed by atoms with Crippen molar-refractivity contribution in [2.45, 2.75) is 38.9 Å². The quantitative estimate of drug-likeness (QED) is 0.641. The highest BCUT2D eigenvalue weighted by Crippen LogP contribution is 2.54. The van der Waals surface area contributed by atoms with Gasteiger partial charge in [0.25, 0.3) is 0 Å². The molecule has 0 aromatic rings. The molecule has 2 aliphatic carbocycles. The van der Waals surface area contributed by atoms with Crippen LogP contribution in [0.2, 0.25) is 0 Å². The summed E-state index contributed by atoms with van der Waals surface area (Å²) in [6.45, 7) is 5.86. The van der Waals surface area contributed by atoms with E-state index in [0.29, 0.717) is 12.2 Å². The van der Waals surface area contributed by atoms with E-state index in [0.717, 1.165) is 31.5 Å². The molecule has 4 atom stereocenters. The third-order valence-corrected chi connectivity index (χ3v) is 3.07. The Labute approximate surface area is 74.2 Å². The SMILES string of the molecule is CCO[C@H]1C[C@@H](OCC)[C@H]2C[C@H]21. The van der Waals surface area contributed by atoms with E-state index in [1.54, 1.807) is 0 Å². The molecule has 2 saturated carbocycles. The number of rotatable bonds is 4. The molecule has 0 heterocycles. The van der Waals surface area contributed by atoms with Gasteiger partial charge < -0.3 is 9.47 Å². The standard InChI is InChI=1S/C10H18O2/c1-3-11-9-6-10(12-4-2)8-5-7(8)9/h7-10H,3-6H2,1-2H3/t7-,8+,9+,10-. The summed E-state index contributed by atoms with van der Waals surface area (Å²) in [4.78, 5) is 0. The predicted molar refractivity (Wildman–Crippen MR) is 47.0 cm³/mol. The molecule has 0 bridgehead atoms. The zero-order valence-electron chi connectivity index (χ0n) is 7.95. The van der Waals surface area contributed by atoms with Crippen LogP contribution in [0.4, 0.5) is 0 Å². The highest BCUT2D eigenvalue weighted by atomic mass is 16.5. The van der Waals surface area contributed by atoms with Gasteiger partial charge in [0.2, 0.25) is 0 Å². The summed E-state index contributed by atoms with van der Waals surface area (Å²) in [6, 6.07) is 0. The van der Waals surface area contributed by atoms with Crippen molar-refractivity contribution in [2.24, 2.45) is 11.8 Å². The van der Waals surface area contributed by atoms with Gasteiger partial charge in [-0.1, -0.05) is 0 Å². The Morgan fingerprint density at radius 1 is 0.917 bits per heavy atom. The van der Waals surface area contributed by atoms with Crippen molar-refractivity contribution in [2.75, 3.05) is 13.2 Å². The molecule has 0 aromatic heterocycles.